The normalized spacial score (nSPS) is 25.0. The number of hydrogen-bond acceptors (Lipinski definition) is 9. The highest BCUT2D eigenvalue weighted by molar-refractivity contribution is 5.83. The van der Waals surface area contributed by atoms with Gasteiger partial charge in [0.05, 0.1) is 12.9 Å². The molecule has 2 aromatic heterocycles. The third-order valence-electron chi connectivity index (χ3n) is 5.59. The lowest BCUT2D eigenvalue weighted by Gasteiger charge is -2.17. The van der Waals surface area contributed by atoms with Crippen LogP contribution in [0.25, 0.3) is 11.2 Å². The van der Waals surface area contributed by atoms with E-state index in [9.17, 15) is 15.3 Å². The number of nitrogens with one attached hydrogen (secondary N) is 1. The maximum Gasteiger partial charge on any atom is 0.231 e. The third kappa shape index (κ3) is 3.58. The molecule has 0 amide bonds. The van der Waals surface area contributed by atoms with E-state index in [0.717, 1.165) is 12.1 Å². The molecule has 6 N–H and O–H groups in total. The van der Waals surface area contributed by atoms with Crippen LogP contribution in [0.1, 0.15) is 38.0 Å². The van der Waals surface area contributed by atoms with Gasteiger partial charge >= 0.3 is 0 Å². The summed E-state index contributed by atoms with van der Waals surface area (Å²) in [5.41, 5.74) is 8.81. The van der Waals surface area contributed by atoms with Gasteiger partial charge < -0.3 is 31.1 Å². The number of hydrogen-bond donors (Lipinski definition) is 5. The summed E-state index contributed by atoms with van der Waals surface area (Å²) >= 11 is 0. The molecule has 10 nitrogen and oxygen atoms in total. The van der Waals surface area contributed by atoms with Gasteiger partial charge in [0.2, 0.25) is 5.95 Å². The average Bonchev–Trinajstić information content (AvgIpc) is 3.29. The van der Waals surface area contributed by atoms with E-state index in [1.807, 2.05) is 12.1 Å². The third-order valence-corrected chi connectivity index (χ3v) is 5.59. The number of aliphatic hydroxyl groups is 3. The molecular formula is C20H26N6O4. The van der Waals surface area contributed by atoms with Crippen LogP contribution in [0.2, 0.25) is 0 Å². The molecule has 1 aromatic carbocycles. The second kappa shape index (κ2) is 8.15. The number of aliphatic hydroxyl groups excluding tert-OH is 3. The van der Waals surface area contributed by atoms with Crippen LogP contribution >= 0.6 is 0 Å². The van der Waals surface area contributed by atoms with Gasteiger partial charge in [-0.05, 0) is 30.0 Å². The Labute approximate surface area is 173 Å². The molecule has 0 radical (unpaired) electrons. The Kier molecular flexibility index (Phi) is 5.56. The number of nitrogen functional groups attached to an aromatic ring is 1. The summed E-state index contributed by atoms with van der Waals surface area (Å²) in [5, 5.41) is 32.8. The van der Waals surface area contributed by atoms with E-state index in [0.29, 0.717) is 17.1 Å². The van der Waals surface area contributed by atoms with Crippen molar-refractivity contribution >= 4 is 28.6 Å². The van der Waals surface area contributed by atoms with Gasteiger partial charge in [0.1, 0.15) is 23.8 Å². The van der Waals surface area contributed by atoms with Crippen LogP contribution in [-0.4, -0.2) is 59.8 Å². The summed E-state index contributed by atoms with van der Waals surface area (Å²) in [6, 6.07) is 8.02. The van der Waals surface area contributed by atoms with E-state index >= 15 is 0 Å². The molecule has 5 atom stereocenters. The van der Waals surface area contributed by atoms with Crippen LogP contribution in [0.5, 0.6) is 0 Å². The minimum Gasteiger partial charge on any atom is -0.394 e. The number of anilines is 3. The molecule has 10 heteroatoms. The number of aromatic nitrogens is 4. The fraction of sp³-hybridized carbons (Fsp3) is 0.450. The van der Waals surface area contributed by atoms with Crippen LogP contribution < -0.4 is 11.1 Å². The molecule has 1 aliphatic heterocycles. The maximum absolute atomic E-state index is 10.3. The maximum atomic E-state index is 10.3. The zero-order chi connectivity index (χ0) is 21.4. The van der Waals surface area contributed by atoms with Gasteiger partial charge in [0.15, 0.2) is 17.7 Å². The summed E-state index contributed by atoms with van der Waals surface area (Å²) in [6.07, 6.45) is -1.85. The number of ether oxygens (including phenoxy) is 1. The van der Waals surface area contributed by atoms with E-state index in [-0.39, 0.29) is 11.8 Å². The molecular weight excluding hydrogens is 388 g/mol. The molecule has 3 unspecified atom stereocenters. The smallest absolute Gasteiger partial charge is 0.231 e. The minimum atomic E-state index is -1.25. The van der Waals surface area contributed by atoms with Crippen molar-refractivity contribution in [3.63, 3.8) is 0 Å². The summed E-state index contributed by atoms with van der Waals surface area (Å²) in [6.45, 7) is 3.91. The average molecular weight is 414 g/mol. The van der Waals surface area contributed by atoms with Gasteiger partial charge in [-0.25, -0.2) is 4.98 Å². The van der Waals surface area contributed by atoms with E-state index in [2.05, 4.69) is 46.2 Å². The molecule has 0 spiro atoms. The number of nitrogens with zero attached hydrogens (tertiary/aromatic N) is 4. The summed E-state index contributed by atoms with van der Waals surface area (Å²) in [7, 11) is 0. The van der Waals surface area contributed by atoms with Gasteiger partial charge in [-0.3, -0.25) is 4.57 Å². The Morgan fingerprint density at radius 1 is 1.20 bits per heavy atom. The van der Waals surface area contributed by atoms with E-state index in [1.165, 1.54) is 16.5 Å². The van der Waals surface area contributed by atoms with Gasteiger partial charge in [-0.1, -0.05) is 26.0 Å². The Morgan fingerprint density at radius 3 is 2.57 bits per heavy atom. The summed E-state index contributed by atoms with van der Waals surface area (Å²) < 4.78 is 7.06. The molecule has 160 valence electrons. The Hall–Kier alpha value is -2.79. The van der Waals surface area contributed by atoms with Crippen molar-refractivity contribution in [2.75, 3.05) is 17.7 Å². The first-order valence-corrected chi connectivity index (χ1v) is 9.92. The summed E-state index contributed by atoms with van der Waals surface area (Å²) in [4.78, 5) is 13.0. The Morgan fingerprint density at radius 2 is 1.93 bits per heavy atom. The fourth-order valence-corrected chi connectivity index (χ4v) is 3.55. The van der Waals surface area contributed by atoms with E-state index in [1.54, 1.807) is 0 Å². The second-order valence-corrected chi connectivity index (χ2v) is 7.54. The van der Waals surface area contributed by atoms with Gasteiger partial charge in [0.25, 0.3) is 0 Å². The predicted molar refractivity (Wildman–Crippen MR) is 111 cm³/mol. The zero-order valence-electron chi connectivity index (χ0n) is 16.8. The standard InChI is InChI=1S/C20H26N6O4/c1-3-10(2)11-4-6-12(7-5-11)23-20-24-17(21)14-18(25-20)26(9-22-14)19-16(29)15(28)13(8-27)30-19/h4-7,9-10,13,15-16,19,27-29H,3,8H2,1-2H3,(H3,21,23,24,25)/t10?,13-,15?,16?,19-/m1/s1. The highest BCUT2D eigenvalue weighted by atomic mass is 16.6. The first-order valence-electron chi connectivity index (χ1n) is 9.92. The van der Waals surface area contributed by atoms with Crippen molar-refractivity contribution in [3.8, 4) is 0 Å². The molecule has 1 aliphatic rings. The number of imidazole rings is 1. The van der Waals surface area contributed by atoms with Gasteiger partial charge in [-0.2, -0.15) is 9.97 Å². The molecule has 1 saturated heterocycles. The molecule has 30 heavy (non-hydrogen) atoms. The lowest BCUT2D eigenvalue weighted by Crippen LogP contribution is -2.33. The Bertz CT molecular complexity index is 1020. The molecule has 0 saturated carbocycles. The van der Waals surface area contributed by atoms with Crippen molar-refractivity contribution in [3.05, 3.63) is 36.2 Å². The fourth-order valence-electron chi connectivity index (χ4n) is 3.55. The van der Waals surface area contributed by atoms with Crippen molar-refractivity contribution in [1.29, 1.82) is 0 Å². The van der Waals surface area contributed by atoms with Crippen molar-refractivity contribution in [2.45, 2.75) is 50.7 Å². The number of benzene rings is 1. The molecule has 0 bridgehead atoms. The van der Waals surface area contributed by atoms with Crippen LogP contribution in [0.3, 0.4) is 0 Å². The van der Waals surface area contributed by atoms with E-state index < -0.39 is 31.1 Å². The highest BCUT2D eigenvalue weighted by Gasteiger charge is 2.44. The number of fused-ring (bicyclic) bond motifs is 1. The van der Waals surface area contributed by atoms with Crippen LogP contribution in [0.15, 0.2) is 30.6 Å². The molecule has 0 aliphatic carbocycles. The lowest BCUT2D eigenvalue weighted by atomic mass is 9.99. The van der Waals surface area contributed by atoms with Crippen molar-refractivity contribution < 1.29 is 20.1 Å². The zero-order valence-corrected chi connectivity index (χ0v) is 16.8. The van der Waals surface area contributed by atoms with Crippen molar-refractivity contribution in [1.82, 2.24) is 19.5 Å². The molecule has 3 aromatic rings. The van der Waals surface area contributed by atoms with Gasteiger partial charge in [0, 0.05) is 5.69 Å². The largest absolute Gasteiger partial charge is 0.394 e. The predicted octanol–water partition coefficient (Wildman–Crippen LogP) is 1.28. The monoisotopic (exact) mass is 414 g/mol. The van der Waals surface area contributed by atoms with Gasteiger partial charge in [-0.15, -0.1) is 0 Å². The number of rotatable bonds is 6. The minimum absolute atomic E-state index is 0.171. The van der Waals surface area contributed by atoms with Crippen molar-refractivity contribution in [2.24, 2.45) is 0 Å². The SMILES string of the molecule is CCC(C)c1ccc(Nc2nc(N)c3ncn([C@@H]4O[C@H](CO)C(O)C4O)c3n2)cc1. The van der Waals surface area contributed by atoms with E-state index in [4.69, 9.17) is 10.5 Å². The number of nitrogens with two attached hydrogens (primary N) is 1. The summed E-state index contributed by atoms with van der Waals surface area (Å²) in [5.74, 6) is 0.918. The lowest BCUT2D eigenvalue weighted by molar-refractivity contribution is -0.0511. The first-order chi connectivity index (χ1) is 14.4. The molecule has 3 heterocycles. The second-order valence-electron chi connectivity index (χ2n) is 7.54. The van der Waals surface area contributed by atoms with Crippen LogP contribution in [-0.2, 0) is 4.74 Å². The molecule has 1 fully saturated rings. The molecule has 4 rings (SSSR count). The topological polar surface area (TPSA) is 152 Å². The Balaban J connectivity index is 1.64. The van der Waals surface area contributed by atoms with Crippen LogP contribution in [0, 0.1) is 0 Å². The first kappa shape index (κ1) is 20.5. The highest BCUT2D eigenvalue weighted by Crippen LogP contribution is 2.32. The van der Waals surface area contributed by atoms with Crippen LogP contribution in [0.4, 0.5) is 17.5 Å². The quantitative estimate of drug-likeness (QED) is 0.401.